The summed E-state index contributed by atoms with van der Waals surface area (Å²) in [6.07, 6.45) is -1.17. The Hall–Kier alpha value is -2.23. The van der Waals surface area contributed by atoms with Gasteiger partial charge in [-0.2, -0.15) is 13.2 Å². The standard InChI is InChI=1S/C24H22Cl2F3N3O2S/c1-12(31-18-6-7-30-22(18)33)20-16-4-2-3-5-17(16)21(35-20)19-11-23(34-32-19,24(27,28)29)13-8-14(25)10-15(26)9-13/h8-10,18,31H,1-7,11H2,(H,30,33)/t18-,23+/m1/s1. The summed E-state index contributed by atoms with van der Waals surface area (Å²) in [7, 11) is 0. The Morgan fingerprint density at radius 3 is 2.51 bits per heavy atom. The van der Waals surface area contributed by atoms with Crippen molar-refractivity contribution < 1.29 is 22.8 Å². The van der Waals surface area contributed by atoms with Crippen molar-refractivity contribution in [2.75, 3.05) is 6.54 Å². The van der Waals surface area contributed by atoms with E-state index in [9.17, 15) is 18.0 Å². The summed E-state index contributed by atoms with van der Waals surface area (Å²) in [5.41, 5.74) is 0.0126. The van der Waals surface area contributed by atoms with Crippen LogP contribution in [0.2, 0.25) is 10.0 Å². The second-order valence-electron chi connectivity index (χ2n) is 8.97. The molecule has 1 saturated heterocycles. The van der Waals surface area contributed by atoms with Crippen molar-refractivity contribution in [3.8, 4) is 0 Å². The van der Waals surface area contributed by atoms with Crippen LogP contribution in [0.1, 0.15) is 52.1 Å². The highest BCUT2D eigenvalue weighted by Crippen LogP contribution is 2.51. The quantitative estimate of drug-likeness (QED) is 0.488. The number of thiophene rings is 1. The number of hydrogen-bond acceptors (Lipinski definition) is 5. The molecule has 186 valence electrons. The number of halogens is 5. The third-order valence-electron chi connectivity index (χ3n) is 6.67. The number of carbonyl (C=O) groups excluding carboxylic acids is 1. The first-order chi connectivity index (χ1) is 16.6. The van der Waals surface area contributed by atoms with Crippen LogP contribution in [0, 0.1) is 0 Å². The van der Waals surface area contributed by atoms with Gasteiger partial charge in [-0.25, -0.2) is 0 Å². The summed E-state index contributed by atoms with van der Waals surface area (Å²) in [5, 5.41) is 10.1. The van der Waals surface area contributed by atoms with Crippen LogP contribution in [-0.4, -0.2) is 30.4 Å². The Bertz CT molecular complexity index is 1220. The fourth-order valence-corrected chi connectivity index (χ4v) is 6.77. The molecular weight excluding hydrogens is 522 g/mol. The molecule has 0 unspecified atom stereocenters. The summed E-state index contributed by atoms with van der Waals surface area (Å²) in [4.78, 5) is 18.8. The molecule has 3 heterocycles. The van der Waals surface area contributed by atoms with Crippen molar-refractivity contribution in [1.82, 2.24) is 10.6 Å². The van der Waals surface area contributed by atoms with Crippen molar-refractivity contribution in [2.24, 2.45) is 5.16 Å². The van der Waals surface area contributed by atoms with Crippen LogP contribution in [-0.2, 0) is 28.1 Å². The summed E-state index contributed by atoms with van der Waals surface area (Å²) in [6.45, 7) is 4.74. The third kappa shape index (κ3) is 4.32. The molecule has 1 aliphatic carbocycles. The maximum absolute atomic E-state index is 14.4. The van der Waals surface area contributed by atoms with E-state index in [4.69, 9.17) is 28.0 Å². The molecule has 11 heteroatoms. The Kier molecular flexibility index (Phi) is 6.30. The molecule has 0 bridgehead atoms. The number of alkyl halides is 3. The number of rotatable bonds is 5. The van der Waals surface area contributed by atoms with E-state index >= 15 is 0 Å². The number of hydrogen-bond donors (Lipinski definition) is 2. The fourth-order valence-electron chi connectivity index (χ4n) is 4.93. The van der Waals surface area contributed by atoms with E-state index in [1.54, 1.807) is 0 Å². The molecule has 5 nitrogen and oxygen atoms in total. The summed E-state index contributed by atoms with van der Waals surface area (Å²) in [6, 6.07) is 3.43. The van der Waals surface area contributed by atoms with Crippen LogP contribution in [0.15, 0.2) is 29.9 Å². The summed E-state index contributed by atoms with van der Waals surface area (Å²) < 4.78 is 43.3. The number of oxime groups is 1. The van der Waals surface area contributed by atoms with Crippen molar-refractivity contribution in [1.29, 1.82) is 0 Å². The Morgan fingerprint density at radius 1 is 1.20 bits per heavy atom. The largest absolute Gasteiger partial charge is 0.435 e. The second-order valence-corrected chi connectivity index (χ2v) is 10.9. The van der Waals surface area contributed by atoms with Crippen molar-refractivity contribution >= 4 is 51.9 Å². The van der Waals surface area contributed by atoms with E-state index in [0.717, 1.165) is 41.7 Å². The van der Waals surface area contributed by atoms with E-state index in [0.29, 0.717) is 23.5 Å². The molecule has 0 radical (unpaired) electrons. The molecular formula is C24H22Cl2F3N3O2S. The molecule has 2 aromatic rings. The predicted molar refractivity (Wildman–Crippen MR) is 131 cm³/mol. The zero-order chi connectivity index (χ0) is 25.0. The first-order valence-corrected chi connectivity index (χ1v) is 12.8. The lowest BCUT2D eigenvalue weighted by molar-refractivity contribution is -0.275. The zero-order valence-corrected chi connectivity index (χ0v) is 20.9. The predicted octanol–water partition coefficient (Wildman–Crippen LogP) is 5.96. The number of nitrogens with zero attached hydrogens (tertiary/aromatic N) is 1. The lowest BCUT2D eigenvalue weighted by atomic mass is 9.85. The van der Waals surface area contributed by atoms with Gasteiger partial charge in [-0.1, -0.05) is 34.9 Å². The highest BCUT2D eigenvalue weighted by molar-refractivity contribution is 7.15. The van der Waals surface area contributed by atoms with E-state index in [1.807, 2.05) is 0 Å². The van der Waals surface area contributed by atoms with Gasteiger partial charge in [0, 0.05) is 27.9 Å². The normalized spacial score (nSPS) is 24.0. The van der Waals surface area contributed by atoms with Crippen LogP contribution in [0.25, 0.3) is 5.70 Å². The highest BCUT2D eigenvalue weighted by atomic mass is 35.5. The molecule has 2 aliphatic heterocycles. The van der Waals surface area contributed by atoms with E-state index in [-0.39, 0.29) is 33.3 Å². The van der Waals surface area contributed by atoms with Crippen LogP contribution in [0.4, 0.5) is 13.2 Å². The van der Waals surface area contributed by atoms with E-state index in [1.165, 1.54) is 29.5 Å². The first-order valence-electron chi connectivity index (χ1n) is 11.3. The number of benzene rings is 1. The van der Waals surface area contributed by atoms with Gasteiger partial charge >= 0.3 is 6.18 Å². The second kappa shape index (κ2) is 9.01. The van der Waals surface area contributed by atoms with Crippen molar-refractivity contribution in [3.05, 3.63) is 61.3 Å². The molecule has 1 amide bonds. The molecule has 0 saturated carbocycles. The number of fused-ring (bicyclic) bond motifs is 1. The molecule has 2 atom stereocenters. The van der Waals surface area contributed by atoms with Crippen molar-refractivity contribution in [2.45, 2.75) is 56.3 Å². The number of nitrogens with one attached hydrogen (secondary N) is 2. The fraction of sp³-hybridized carbons (Fsp3) is 0.417. The van der Waals surface area contributed by atoms with Gasteiger partial charge in [0.1, 0.15) is 11.8 Å². The average molecular weight is 544 g/mol. The van der Waals surface area contributed by atoms with Gasteiger partial charge in [0.25, 0.3) is 5.60 Å². The Morgan fingerprint density at radius 2 is 1.89 bits per heavy atom. The summed E-state index contributed by atoms with van der Waals surface area (Å²) >= 11 is 13.4. The van der Waals surface area contributed by atoms with Gasteiger partial charge in [0.2, 0.25) is 5.91 Å². The summed E-state index contributed by atoms with van der Waals surface area (Å²) in [5.74, 6) is -0.0829. The van der Waals surface area contributed by atoms with E-state index < -0.39 is 18.2 Å². The first kappa shape index (κ1) is 24.5. The molecule has 1 fully saturated rings. The SMILES string of the molecule is C=C(N[C@@H]1CCNC1=O)c1sc(C2=NO[C@@](c3cc(Cl)cc(Cl)c3)(C(F)(F)F)C2)c2c1CCCC2. The minimum absolute atomic E-state index is 0.0829. The van der Waals surface area contributed by atoms with Gasteiger partial charge in [0.15, 0.2) is 0 Å². The maximum atomic E-state index is 14.4. The van der Waals surface area contributed by atoms with Gasteiger partial charge in [0.05, 0.1) is 16.2 Å². The lowest BCUT2D eigenvalue weighted by Crippen LogP contribution is -2.42. The van der Waals surface area contributed by atoms with Gasteiger partial charge in [-0.3, -0.25) is 4.79 Å². The Balaban J connectivity index is 1.50. The average Bonchev–Trinajstić information content (AvgIpc) is 3.50. The molecule has 35 heavy (non-hydrogen) atoms. The van der Waals surface area contributed by atoms with Gasteiger partial charge in [-0.15, -0.1) is 11.3 Å². The smallest absolute Gasteiger partial charge is 0.374 e. The minimum Gasteiger partial charge on any atom is -0.374 e. The van der Waals surface area contributed by atoms with Crippen molar-refractivity contribution in [3.63, 3.8) is 0 Å². The van der Waals surface area contributed by atoms with Crippen LogP contribution in [0.5, 0.6) is 0 Å². The molecule has 1 aromatic carbocycles. The minimum atomic E-state index is -4.76. The molecule has 1 aromatic heterocycles. The van der Waals surface area contributed by atoms with Crippen LogP contribution in [0.3, 0.4) is 0 Å². The maximum Gasteiger partial charge on any atom is 0.435 e. The van der Waals surface area contributed by atoms with Gasteiger partial charge < -0.3 is 15.5 Å². The number of amides is 1. The third-order valence-corrected chi connectivity index (χ3v) is 8.49. The molecule has 2 N–H and O–H groups in total. The van der Waals surface area contributed by atoms with Crippen LogP contribution < -0.4 is 10.6 Å². The monoisotopic (exact) mass is 543 g/mol. The molecule has 0 spiro atoms. The van der Waals surface area contributed by atoms with Crippen LogP contribution >= 0.6 is 34.5 Å². The molecule has 3 aliphatic rings. The number of carbonyl (C=O) groups is 1. The lowest BCUT2D eigenvalue weighted by Gasteiger charge is -2.29. The van der Waals surface area contributed by atoms with E-state index in [2.05, 4.69) is 22.4 Å². The molecule has 5 rings (SSSR count). The zero-order valence-electron chi connectivity index (χ0n) is 18.5. The topological polar surface area (TPSA) is 62.7 Å². The highest BCUT2D eigenvalue weighted by Gasteiger charge is 2.62. The van der Waals surface area contributed by atoms with Gasteiger partial charge in [-0.05, 0) is 61.4 Å². The Labute approximate surface area is 214 Å².